The summed E-state index contributed by atoms with van der Waals surface area (Å²) in [5.41, 5.74) is 4.81. The zero-order valence-corrected chi connectivity index (χ0v) is 17.7. The number of esters is 1. The number of hydrogen-bond acceptors (Lipinski definition) is 7. The Bertz CT molecular complexity index is 1120. The van der Waals surface area contributed by atoms with Crippen molar-refractivity contribution in [2.75, 3.05) is 13.2 Å². The lowest BCUT2D eigenvalue weighted by molar-refractivity contribution is -0.148. The SMILES string of the molecule is CCOC(=O)CN1C(=O)[C@]2(C(C#N)=C(N)Oc3ccccc32)C2=C1CC(C)(C)CC2=O. The highest BCUT2D eigenvalue weighted by Gasteiger charge is 2.63. The van der Waals surface area contributed by atoms with Crippen LogP contribution in [0.1, 0.15) is 39.2 Å². The van der Waals surface area contributed by atoms with Gasteiger partial charge in [-0.3, -0.25) is 14.4 Å². The summed E-state index contributed by atoms with van der Waals surface area (Å²) in [6.45, 7) is 5.35. The second kappa shape index (κ2) is 6.98. The number of rotatable bonds is 3. The first-order chi connectivity index (χ1) is 14.7. The molecule has 1 aromatic carbocycles. The van der Waals surface area contributed by atoms with Gasteiger partial charge in [-0.25, -0.2) is 0 Å². The van der Waals surface area contributed by atoms with E-state index in [1.807, 2.05) is 19.9 Å². The quantitative estimate of drug-likeness (QED) is 0.741. The van der Waals surface area contributed by atoms with E-state index in [4.69, 9.17) is 15.2 Å². The number of benzene rings is 1. The third-order valence-electron chi connectivity index (χ3n) is 5.96. The van der Waals surface area contributed by atoms with Crippen molar-refractivity contribution in [1.82, 2.24) is 4.90 Å². The number of nitriles is 1. The van der Waals surface area contributed by atoms with Crippen molar-refractivity contribution in [2.45, 2.75) is 39.0 Å². The number of Topliss-reactive ketones (excluding diaryl/α,β-unsaturated/α-hetero) is 1. The number of nitrogens with zero attached hydrogens (tertiary/aromatic N) is 2. The first-order valence-corrected chi connectivity index (χ1v) is 10.1. The predicted octanol–water partition coefficient (Wildman–Crippen LogP) is 2.06. The second-order valence-electron chi connectivity index (χ2n) is 8.66. The van der Waals surface area contributed by atoms with Crippen LogP contribution in [0.2, 0.25) is 0 Å². The fourth-order valence-corrected chi connectivity index (χ4v) is 4.85. The topological polar surface area (TPSA) is 123 Å². The molecule has 2 aliphatic heterocycles. The Morgan fingerprint density at radius 3 is 2.68 bits per heavy atom. The average Bonchev–Trinajstić information content (AvgIpc) is 2.91. The molecule has 160 valence electrons. The van der Waals surface area contributed by atoms with E-state index in [0.29, 0.717) is 23.4 Å². The molecule has 8 nitrogen and oxygen atoms in total. The molecule has 2 N–H and O–H groups in total. The minimum atomic E-state index is -1.73. The van der Waals surface area contributed by atoms with Gasteiger partial charge in [0.2, 0.25) is 11.8 Å². The Balaban J connectivity index is 2.03. The van der Waals surface area contributed by atoms with Gasteiger partial charge in [-0.05, 0) is 24.8 Å². The normalized spacial score (nSPS) is 24.0. The van der Waals surface area contributed by atoms with E-state index in [0.717, 1.165) is 0 Å². The van der Waals surface area contributed by atoms with Crippen molar-refractivity contribution >= 4 is 17.7 Å². The number of ether oxygens (including phenoxy) is 2. The van der Waals surface area contributed by atoms with Crippen LogP contribution in [0.15, 0.2) is 47.0 Å². The number of carbonyl (C=O) groups excluding carboxylic acids is 3. The molecular weight excluding hydrogens is 398 g/mol. The number of para-hydroxylation sites is 1. The van der Waals surface area contributed by atoms with Gasteiger partial charge in [0.15, 0.2) is 5.78 Å². The number of fused-ring (bicyclic) bond motifs is 3. The fraction of sp³-hybridized carbons (Fsp3) is 0.391. The molecule has 1 atom stereocenters. The van der Waals surface area contributed by atoms with Gasteiger partial charge in [-0.2, -0.15) is 5.26 Å². The van der Waals surface area contributed by atoms with Crippen LogP contribution in [-0.2, 0) is 24.5 Å². The van der Waals surface area contributed by atoms with Crippen molar-refractivity contribution in [3.63, 3.8) is 0 Å². The van der Waals surface area contributed by atoms with E-state index in [1.54, 1.807) is 31.2 Å². The molecule has 0 bridgehead atoms. The monoisotopic (exact) mass is 421 g/mol. The molecule has 0 saturated heterocycles. The molecular formula is C23H23N3O5. The van der Waals surface area contributed by atoms with E-state index in [-0.39, 0.29) is 42.4 Å². The lowest BCUT2D eigenvalue weighted by atomic mass is 9.63. The van der Waals surface area contributed by atoms with Crippen molar-refractivity contribution < 1.29 is 23.9 Å². The second-order valence-corrected chi connectivity index (χ2v) is 8.66. The summed E-state index contributed by atoms with van der Waals surface area (Å²) in [7, 11) is 0. The van der Waals surface area contributed by atoms with Crippen LogP contribution in [-0.4, -0.2) is 35.7 Å². The van der Waals surface area contributed by atoms with Crippen LogP contribution >= 0.6 is 0 Å². The minimum absolute atomic E-state index is 0.136. The highest BCUT2D eigenvalue weighted by atomic mass is 16.5. The standard InChI is InChI=1S/C23H23N3O5/c1-4-30-18(28)12-26-15-9-22(2,3)10-16(27)19(15)23(21(26)29)13-7-5-6-8-17(13)31-20(25)14(23)11-24/h5-8H,4,9-10,12,25H2,1-3H3/t23-/m1/s1. The van der Waals surface area contributed by atoms with E-state index < -0.39 is 22.7 Å². The number of amides is 1. The van der Waals surface area contributed by atoms with Gasteiger partial charge in [0.05, 0.1) is 6.61 Å². The Kier molecular flexibility index (Phi) is 4.65. The first kappa shape index (κ1) is 20.7. The smallest absolute Gasteiger partial charge is 0.326 e. The molecule has 1 spiro atoms. The van der Waals surface area contributed by atoms with Crippen molar-refractivity contribution in [3.8, 4) is 11.8 Å². The molecule has 31 heavy (non-hydrogen) atoms. The summed E-state index contributed by atoms with van der Waals surface area (Å²) in [5.74, 6) is -1.33. The maximum atomic E-state index is 14.1. The van der Waals surface area contributed by atoms with Gasteiger partial charge < -0.3 is 20.1 Å². The molecule has 1 aliphatic carbocycles. The number of ketones is 1. The first-order valence-electron chi connectivity index (χ1n) is 10.1. The summed E-state index contributed by atoms with van der Waals surface area (Å²) in [6.07, 6.45) is 0.596. The van der Waals surface area contributed by atoms with Crippen LogP contribution in [0.5, 0.6) is 5.75 Å². The molecule has 0 radical (unpaired) electrons. The zero-order chi connectivity index (χ0) is 22.6. The summed E-state index contributed by atoms with van der Waals surface area (Å²) in [5, 5.41) is 10.00. The molecule has 0 fully saturated rings. The van der Waals surface area contributed by atoms with Gasteiger partial charge >= 0.3 is 5.97 Å². The van der Waals surface area contributed by atoms with Gasteiger partial charge in [0, 0.05) is 23.3 Å². The molecule has 0 saturated carbocycles. The largest absolute Gasteiger partial charge is 0.465 e. The average molecular weight is 421 g/mol. The predicted molar refractivity (Wildman–Crippen MR) is 109 cm³/mol. The maximum absolute atomic E-state index is 14.1. The number of hydrogen-bond donors (Lipinski definition) is 1. The van der Waals surface area contributed by atoms with Crippen LogP contribution in [0, 0.1) is 16.7 Å². The van der Waals surface area contributed by atoms with E-state index in [1.165, 1.54) is 4.90 Å². The number of carbonyl (C=O) groups is 3. The Hall–Kier alpha value is -3.60. The van der Waals surface area contributed by atoms with Crippen LogP contribution in [0.25, 0.3) is 0 Å². The maximum Gasteiger partial charge on any atom is 0.326 e. The summed E-state index contributed by atoms with van der Waals surface area (Å²) in [4.78, 5) is 41.2. The Morgan fingerprint density at radius 1 is 1.29 bits per heavy atom. The lowest BCUT2D eigenvalue weighted by Crippen LogP contribution is -2.47. The van der Waals surface area contributed by atoms with E-state index in [2.05, 4.69) is 0 Å². The van der Waals surface area contributed by atoms with Gasteiger partial charge in [0.1, 0.15) is 29.4 Å². The van der Waals surface area contributed by atoms with Gasteiger partial charge in [-0.15, -0.1) is 0 Å². The summed E-state index contributed by atoms with van der Waals surface area (Å²) in [6, 6.07) is 8.73. The highest BCUT2D eigenvalue weighted by Crippen LogP contribution is 2.57. The molecule has 0 aromatic heterocycles. The van der Waals surface area contributed by atoms with Crippen molar-refractivity contribution in [2.24, 2.45) is 11.1 Å². The van der Waals surface area contributed by atoms with Crippen molar-refractivity contribution in [1.29, 1.82) is 5.26 Å². The van der Waals surface area contributed by atoms with Gasteiger partial charge in [-0.1, -0.05) is 32.0 Å². The van der Waals surface area contributed by atoms with Gasteiger partial charge in [0.25, 0.3) is 0 Å². The van der Waals surface area contributed by atoms with Crippen LogP contribution < -0.4 is 10.5 Å². The zero-order valence-electron chi connectivity index (χ0n) is 17.7. The Morgan fingerprint density at radius 2 is 2.00 bits per heavy atom. The van der Waals surface area contributed by atoms with Crippen LogP contribution in [0.3, 0.4) is 0 Å². The fourth-order valence-electron chi connectivity index (χ4n) is 4.85. The molecule has 1 amide bonds. The third-order valence-corrected chi connectivity index (χ3v) is 5.96. The number of allylic oxidation sites excluding steroid dienone is 1. The molecule has 2 heterocycles. The number of nitrogens with two attached hydrogens (primary N) is 1. The summed E-state index contributed by atoms with van der Waals surface area (Å²) < 4.78 is 10.7. The lowest BCUT2D eigenvalue weighted by Gasteiger charge is -2.37. The molecule has 8 heteroatoms. The van der Waals surface area contributed by atoms with Crippen LogP contribution in [0.4, 0.5) is 0 Å². The molecule has 1 aromatic rings. The summed E-state index contributed by atoms with van der Waals surface area (Å²) >= 11 is 0. The molecule has 0 unspecified atom stereocenters. The van der Waals surface area contributed by atoms with E-state index >= 15 is 0 Å². The molecule has 3 aliphatic rings. The van der Waals surface area contributed by atoms with Crippen molar-refractivity contribution in [3.05, 3.63) is 52.6 Å². The van der Waals surface area contributed by atoms with E-state index in [9.17, 15) is 19.6 Å². The highest BCUT2D eigenvalue weighted by molar-refractivity contribution is 6.15. The Labute approximate surface area is 179 Å². The third kappa shape index (κ3) is 2.84. The molecule has 4 rings (SSSR count). The minimum Gasteiger partial charge on any atom is -0.465 e.